The average molecular weight is 326 g/mol. The molecular formula is C18H22N4O2. The normalized spacial score (nSPS) is 17.9. The van der Waals surface area contributed by atoms with Gasteiger partial charge in [0.25, 0.3) is 5.91 Å². The van der Waals surface area contributed by atoms with Crippen LogP contribution in [0.2, 0.25) is 0 Å². The fourth-order valence-electron chi connectivity index (χ4n) is 2.89. The lowest BCUT2D eigenvalue weighted by atomic mass is 10.0. The summed E-state index contributed by atoms with van der Waals surface area (Å²) in [6.45, 7) is 4.57. The maximum atomic E-state index is 12.7. The summed E-state index contributed by atoms with van der Waals surface area (Å²) in [6, 6.07) is 9.08. The number of amides is 2. The van der Waals surface area contributed by atoms with Crippen LogP contribution in [0.5, 0.6) is 0 Å². The van der Waals surface area contributed by atoms with Gasteiger partial charge in [-0.2, -0.15) is 5.10 Å². The summed E-state index contributed by atoms with van der Waals surface area (Å²) in [5, 5.41) is 7.00. The molecule has 0 radical (unpaired) electrons. The molecule has 1 aliphatic rings. The van der Waals surface area contributed by atoms with E-state index in [2.05, 4.69) is 10.4 Å². The minimum Gasteiger partial charge on any atom is -0.339 e. The van der Waals surface area contributed by atoms with Gasteiger partial charge in [0.05, 0.1) is 0 Å². The van der Waals surface area contributed by atoms with Gasteiger partial charge in [0.1, 0.15) is 11.7 Å². The Kier molecular flexibility index (Phi) is 4.38. The molecule has 1 N–H and O–H groups in total. The fraction of sp³-hybridized carbons (Fsp3) is 0.389. The van der Waals surface area contributed by atoms with Crippen molar-refractivity contribution in [3.63, 3.8) is 0 Å². The highest BCUT2D eigenvalue weighted by molar-refractivity contribution is 6.02. The van der Waals surface area contributed by atoms with Crippen molar-refractivity contribution in [1.82, 2.24) is 15.1 Å². The number of carbonyl (C=O) groups is 2. The number of carbonyl (C=O) groups excluding carboxylic acids is 2. The number of benzene rings is 1. The zero-order chi connectivity index (χ0) is 17.3. The SMILES string of the molecule is Cc1ccc(N2CCC[C@H](NC(=O)c3cc(C)n(C)n3)C2=O)cc1. The fourth-order valence-corrected chi connectivity index (χ4v) is 2.89. The number of aryl methyl sites for hydroxylation is 3. The summed E-state index contributed by atoms with van der Waals surface area (Å²) in [4.78, 5) is 26.8. The Balaban J connectivity index is 1.73. The van der Waals surface area contributed by atoms with E-state index in [1.807, 2.05) is 38.1 Å². The molecule has 2 heterocycles. The van der Waals surface area contributed by atoms with Crippen LogP contribution in [0.1, 0.15) is 34.6 Å². The molecule has 0 spiro atoms. The Morgan fingerprint density at radius 2 is 1.96 bits per heavy atom. The first-order valence-electron chi connectivity index (χ1n) is 8.15. The molecule has 126 valence electrons. The summed E-state index contributed by atoms with van der Waals surface area (Å²) in [7, 11) is 1.79. The Hall–Kier alpha value is -2.63. The van der Waals surface area contributed by atoms with Crippen LogP contribution in [0.4, 0.5) is 5.69 Å². The van der Waals surface area contributed by atoms with Gasteiger partial charge in [-0.3, -0.25) is 14.3 Å². The van der Waals surface area contributed by atoms with Crippen LogP contribution >= 0.6 is 0 Å². The molecule has 2 aromatic rings. The van der Waals surface area contributed by atoms with Gasteiger partial charge >= 0.3 is 0 Å². The van der Waals surface area contributed by atoms with Crippen LogP contribution in [-0.4, -0.2) is 34.2 Å². The van der Waals surface area contributed by atoms with E-state index in [4.69, 9.17) is 0 Å². The molecule has 1 atom stereocenters. The van der Waals surface area contributed by atoms with E-state index >= 15 is 0 Å². The van der Waals surface area contributed by atoms with Gasteiger partial charge in [-0.25, -0.2) is 0 Å². The second kappa shape index (κ2) is 6.47. The van der Waals surface area contributed by atoms with Gasteiger partial charge in [-0.05, 0) is 44.9 Å². The van der Waals surface area contributed by atoms with E-state index in [1.165, 1.54) is 0 Å². The molecule has 6 nitrogen and oxygen atoms in total. The van der Waals surface area contributed by atoms with E-state index in [9.17, 15) is 9.59 Å². The van der Waals surface area contributed by atoms with Gasteiger partial charge in [-0.1, -0.05) is 17.7 Å². The average Bonchev–Trinajstić information content (AvgIpc) is 2.90. The van der Waals surface area contributed by atoms with Crippen molar-refractivity contribution in [2.45, 2.75) is 32.7 Å². The van der Waals surface area contributed by atoms with Crippen molar-refractivity contribution in [2.75, 3.05) is 11.4 Å². The molecule has 1 saturated heterocycles. The molecule has 24 heavy (non-hydrogen) atoms. The van der Waals surface area contributed by atoms with Gasteiger partial charge in [0.15, 0.2) is 0 Å². The highest BCUT2D eigenvalue weighted by Gasteiger charge is 2.31. The maximum Gasteiger partial charge on any atom is 0.272 e. The number of aromatic nitrogens is 2. The second-order valence-corrected chi connectivity index (χ2v) is 6.29. The summed E-state index contributed by atoms with van der Waals surface area (Å²) >= 11 is 0. The number of piperidine rings is 1. The van der Waals surface area contributed by atoms with E-state index in [0.717, 1.165) is 23.4 Å². The lowest BCUT2D eigenvalue weighted by molar-refractivity contribution is -0.121. The van der Waals surface area contributed by atoms with Crippen LogP contribution in [0, 0.1) is 13.8 Å². The van der Waals surface area contributed by atoms with Gasteiger partial charge in [-0.15, -0.1) is 0 Å². The minimum atomic E-state index is -0.505. The van der Waals surface area contributed by atoms with Crippen LogP contribution in [0.15, 0.2) is 30.3 Å². The van der Waals surface area contributed by atoms with Crippen LogP contribution in [0.25, 0.3) is 0 Å². The third-order valence-electron chi connectivity index (χ3n) is 4.44. The predicted molar refractivity (Wildman–Crippen MR) is 92.0 cm³/mol. The number of nitrogens with zero attached hydrogens (tertiary/aromatic N) is 3. The molecule has 1 aliphatic heterocycles. The van der Waals surface area contributed by atoms with Gasteiger partial charge in [0, 0.05) is 25.0 Å². The molecule has 0 unspecified atom stereocenters. The van der Waals surface area contributed by atoms with Crippen molar-refractivity contribution < 1.29 is 9.59 Å². The minimum absolute atomic E-state index is 0.0638. The van der Waals surface area contributed by atoms with Crippen molar-refractivity contribution in [1.29, 1.82) is 0 Å². The zero-order valence-electron chi connectivity index (χ0n) is 14.2. The Labute approximate surface area is 141 Å². The standard InChI is InChI=1S/C18H22N4O2/c1-12-6-8-14(9-7-12)22-10-4-5-15(18(22)24)19-17(23)16-11-13(2)21(3)20-16/h6-9,11,15H,4-5,10H2,1-3H3,(H,19,23)/t15-/m0/s1. The molecule has 0 aliphatic carbocycles. The lowest BCUT2D eigenvalue weighted by Gasteiger charge is -2.32. The zero-order valence-corrected chi connectivity index (χ0v) is 14.2. The van der Waals surface area contributed by atoms with Gasteiger partial charge in [0.2, 0.25) is 5.91 Å². The quantitative estimate of drug-likeness (QED) is 0.937. The number of nitrogens with one attached hydrogen (secondary N) is 1. The van der Waals surface area contributed by atoms with Crippen LogP contribution in [0.3, 0.4) is 0 Å². The van der Waals surface area contributed by atoms with Crippen molar-refractivity contribution in [3.8, 4) is 0 Å². The molecule has 6 heteroatoms. The molecule has 0 bridgehead atoms. The van der Waals surface area contributed by atoms with Crippen molar-refractivity contribution in [2.24, 2.45) is 7.05 Å². The maximum absolute atomic E-state index is 12.7. The molecule has 2 amide bonds. The number of anilines is 1. The summed E-state index contributed by atoms with van der Waals surface area (Å²) in [6.07, 6.45) is 1.50. The number of rotatable bonds is 3. The predicted octanol–water partition coefficient (Wildman–Crippen LogP) is 1.96. The molecular weight excluding hydrogens is 304 g/mol. The third kappa shape index (κ3) is 3.18. The van der Waals surface area contributed by atoms with E-state index < -0.39 is 6.04 Å². The highest BCUT2D eigenvalue weighted by Crippen LogP contribution is 2.21. The van der Waals surface area contributed by atoms with Crippen LogP contribution in [-0.2, 0) is 11.8 Å². The monoisotopic (exact) mass is 326 g/mol. The molecule has 3 rings (SSSR count). The third-order valence-corrected chi connectivity index (χ3v) is 4.44. The smallest absolute Gasteiger partial charge is 0.272 e. The Bertz CT molecular complexity index is 744. The molecule has 1 aromatic heterocycles. The molecule has 0 saturated carbocycles. The number of hydrogen-bond acceptors (Lipinski definition) is 3. The largest absolute Gasteiger partial charge is 0.339 e. The van der Waals surface area contributed by atoms with E-state index in [-0.39, 0.29) is 11.8 Å². The lowest BCUT2D eigenvalue weighted by Crippen LogP contribution is -2.52. The summed E-state index contributed by atoms with van der Waals surface area (Å²) in [5.74, 6) is -0.367. The molecule has 1 fully saturated rings. The summed E-state index contributed by atoms with van der Waals surface area (Å²) < 4.78 is 1.65. The first kappa shape index (κ1) is 16.2. The van der Waals surface area contributed by atoms with Crippen LogP contribution < -0.4 is 10.2 Å². The molecule has 1 aromatic carbocycles. The highest BCUT2D eigenvalue weighted by atomic mass is 16.2. The number of hydrogen-bond donors (Lipinski definition) is 1. The Morgan fingerprint density at radius 1 is 1.25 bits per heavy atom. The second-order valence-electron chi connectivity index (χ2n) is 6.29. The topological polar surface area (TPSA) is 67.2 Å². The van der Waals surface area contributed by atoms with Crippen molar-refractivity contribution in [3.05, 3.63) is 47.3 Å². The first-order chi connectivity index (χ1) is 11.5. The summed E-state index contributed by atoms with van der Waals surface area (Å²) in [5.41, 5.74) is 3.27. The van der Waals surface area contributed by atoms with Gasteiger partial charge < -0.3 is 10.2 Å². The first-order valence-corrected chi connectivity index (χ1v) is 8.15. The Morgan fingerprint density at radius 3 is 2.58 bits per heavy atom. The van der Waals surface area contributed by atoms with E-state index in [1.54, 1.807) is 22.7 Å². The van der Waals surface area contributed by atoms with Crippen molar-refractivity contribution >= 4 is 17.5 Å². The van der Waals surface area contributed by atoms with E-state index in [0.29, 0.717) is 18.7 Å².